The van der Waals surface area contributed by atoms with Crippen molar-refractivity contribution in [2.75, 3.05) is 20.6 Å². The lowest BCUT2D eigenvalue weighted by Gasteiger charge is -2.04. The Morgan fingerprint density at radius 3 is 2.50 bits per heavy atom. The van der Waals surface area contributed by atoms with Crippen molar-refractivity contribution in [1.29, 1.82) is 0 Å². The Morgan fingerprint density at radius 2 is 2.06 bits per heavy atom. The van der Waals surface area contributed by atoms with Crippen molar-refractivity contribution < 1.29 is 13.5 Å². The van der Waals surface area contributed by atoms with E-state index in [4.69, 9.17) is 0 Å². The van der Waals surface area contributed by atoms with Crippen LogP contribution in [-0.4, -0.2) is 32.2 Å². The molecule has 0 fully saturated rings. The van der Waals surface area contributed by atoms with Gasteiger partial charge in [-0.25, -0.2) is 4.98 Å². The molecule has 18 heavy (non-hydrogen) atoms. The molecule has 104 valence electrons. The molecule has 1 aromatic heterocycles. The maximum absolute atomic E-state index is 11.8. The largest absolute Gasteiger partial charge is 0.417 e. The minimum Gasteiger partial charge on any atom is -0.417 e. The van der Waals surface area contributed by atoms with Gasteiger partial charge in [0.2, 0.25) is 5.88 Å². The van der Waals surface area contributed by atoms with E-state index in [0.717, 1.165) is 12.1 Å². The van der Waals surface area contributed by atoms with Crippen LogP contribution in [-0.2, 0) is 6.54 Å². The normalized spacial score (nSPS) is 9.89. The van der Waals surface area contributed by atoms with Gasteiger partial charge in [-0.2, -0.15) is 8.78 Å². The number of rotatable bonds is 6. The number of aromatic nitrogens is 1. The van der Waals surface area contributed by atoms with Gasteiger partial charge in [-0.05, 0) is 38.7 Å². The highest BCUT2D eigenvalue weighted by Crippen LogP contribution is 2.11. The third-order valence-corrected chi connectivity index (χ3v) is 1.89. The van der Waals surface area contributed by atoms with E-state index < -0.39 is 6.61 Å². The molecule has 0 aliphatic carbocycles. The average Bonchev–Trinajstić information content (AvgIpc) is 2.31. The second kappa shape index (κ2) is 10.9. The molecule has 0 aliphatic rings. The van der Waals surface area contributed by atoms with Gasteiger partial charge in [0.25, 0.3) is 0 Å². The number of halogens is 2. The van der Waals surface area contributed by atoms with Crippen LogP contribution in [0.5, 0.6) is 5.88 Å². The van der Waals surface area contributed by atoms with Crippen molar-refractivity contribution in [3.05, 3.63) is 23.9 Å². The summed E-state index contributed by atoms with van der Waals surface area (Å²) in [6.45, 7) is 1.07. The zero-order valence-electron chi connectivity index (χ0n) is 11.0. The van der Waals surface area contributed by atoms with Crippen LogP contribution in [0.1, 0.15) is 18.9 Å². The predicted molar refractivity (Wildman–Crippen MR) is 67.9 cm³/mol. The maximum Gasteiger partial charge on any atom is 0.388 e. The summed E-state index contributed by atoms with van der Waals surface area (Å²) >= 11 is 0. The van der Waals surface area contributed by atoms with Crippen molar-refractivity contribution in [1.82, 2.24) is 15.6 Å². The number of hydrogen-bond acceptors (Lipinski definition) is 4. The smallest absolute Gasteiger partial charge is 0.388 e. The van der Waals surface area contributed by atoms with Crippen LogP contribution in [0.2, 0.25) is 0 Å². The molecule has 0 aromatic carbocycles. The molecule has 0 saturated heterocycles. The monoisotopic (exact) mass is 261 g/mol. The molecule has 1 rings (SSSR count). The lowest BCUT2D eigenvalue weighted by Crippen LogP contribution is -2.07. The van der Waals surface area contributed by atoms with E-state index in [1.165, 1.54) is 18.7 Å². The highest BCUT2D eigenvalue weighted by molar-refractivity contribution is 5.20. The standard InChI is InChI=1S/C8H10F2N2O.C4H11N/c1-11-5-6-2-3-12-7(4-6)13-8(9)10;1-3-4-5-2/h2-4,8,11H,5H2,1H3;5H,3-4H2,1-2H3. The van der Waals surface area contributed by atoms with E-state index in [0.29, 0.717) is 6.54 Å². The molecular weight excluding hydrogens is 240 g/mol. The topological polar surface area (TPSA) is 46.2 Å². The Balaban J connectivity index is 0.000000494. The first-order valence-corrected chi connectivity index (χ1v) is 5.83. The molecule has 0 amide bonds. The highest BCUT2D eigenvalue weighted by Gasteiger charge is 2.05. The molecule has 4 nitrogen and oxygen atoms in total. The Morgan fingerprint density at radius 1 is 1.33 bits per heavy atom. The average molecular weight is 261 g/mol. The van der Waals surface area contributed by atoms with E-state index in [2.05, 4.69) is 27.3 Å². The van der Waals surface area contributed by atoms with E-state index >= 15 is 0 Å². The molecular formula is C12H21F2N3O. The predicted octanol–water partition coefficient (Wildman–Crippen LogP) is 2.02. The van der Waals surface area contributed by atoms with Crippen LogP contribution in [0.15, 0.2) is 18.3 Å². The molecule has 1 heterocycles. The molecule has 0 aliphatic heterocycles. The Hall–Kier alpha value is -1.27. The molecule has 0 bridgehead atoms. The van der Waals surface area contributed by atoms with Gasteiger partial charge in [0.05, 0.1) is 0 Å². The fourth-order valence-electron chi connectivity index (χ4n) is 1.17. The van der Waals surface area contributed by atoms with E-state index in [9.17, 15) is 8.78 Å². The number of alkyl halides is 2. The number of nitrogens with one attached hydrogen (secondary N) is 2. The van der Waals surface area contributed by atoms with Crippen LogP contribution in [0.4, 0.5) is 8.78 Å². The van der Waals surface area contributed by atoms with Crippen LogP contribution in [0.25, 0.3) is 0 Å². The van der Waals surface area contributed by atoms with E-state index in [1.807, 2.05) is 7.05 Å². The number of hydrogen-bond donors (Lipinski definition) is 2. The molecule has 0 atom stereocenters. The van der Waals surface area contributed by atoms with Gasteiger partial charge in [0.15, 0.2) is 0 Å². The first-order valence-electron chi connectivity index (χ1n) is 5.83. The molecule has 2 N–H and O–H groups in total. The third-order valence-electron chi connectivity index (χ3n) is 1.89. The summed E-state index contributed by atoms with van der Waals surface area (Å²) in [6.07, 6.45) is 2.67. The van der Waals surface area contributed by atoms with Gasteiger partial charge >= 0.3 is 6.61 Å². The minimum atomic E-state index is -2.82. The van der Waals surface area contributed by atoms with Crippen LogP contribution >= 0.6 is 0 Å². The van der Waals surface area contributed by atoms with Crippen LogP contribution in [0, 0.1) is 0 Å². The Labute approximate surface area is 107 Å². The van der Waals surface area contributed by atoms with Crippen LogP contribution in [0.3, 0.4) is 0 Å². The SMILES string of the molecule is CCCNC.CNCc1ccnc(OC(F)F)c1. The summed E-state index contributed by atoms with van der Waals surface area (Å²) in [5.74, 6) is -0.0530. The van der Waals surface area contributed by atoms with Crippen LogP contribution < -0.4 is 15.4 Å². The van der Waals surface area contributed by atoms with Crippen molar-refractivity contribution in [2.45, 2.75) is 26.5 Å². The summed E-state index contributed by atoms with van der Waals surface area (Å²) < 4.78 is 27.6. The first kappa shape index (κ1) is 16.7. The third kappa shape index (κ3) is 8.83. The zero-order valence-corrected chi connectivity index (χ0v) is 11.0. The van der Waals surface area contributed by atoms with Gasteiger partial charge in [-0.3, -0.25) is 0 Å². The van der Waals surface area contributed by atoms with Gasteiger partial charge in [-0.1, -0.05) is 6.92 Å². The lowest BCUT2D eigenvalue weighted by atomic mass is 10.3. The molecule has 0 unspecified atom stereocenters. The van der Waals surface area contributed by atoms with Crippen molar-refractivity contribution in [2.24, 2.45) is 0 Å². The summed E-state index contributed by atoms with van der Waals surface area (Å²) in [5, 5.41) is 5.91. The van der Waals surface area contributed by atoms with Crippen molar-refractivity contribution >= 4 is 0 Å². The van der Waals surface area contributed by atoms with Crippen molar-refractivity contribution in [3.8, 4) is 5.88 Å². The second-order valence-electron chi connectivity index (χ2n) is 3.51. The maximum atomic E-state index is 11.8. The summed E-state index contributed by atoms with van der Waals surface area (Å²) in [5.41, 5.74) is 0.855. The van der Waals surface area contributed by atoms with Gasteiger partial charge in [0, 0.05) is 18.8 Å². The molecule has 0 saturated carbocycles. The van der Waals surface area contributed by atoms with E-state index in [1.54, 1.807) is 13.1 Å². The zero-order chi connectivity index (χ0) is 13.8. The Kier molecular flexibility index (Phi) is 10.1. The van der Waals surface area contributed by atoms with Gasteiger partial charge < -0.3 is 15.4 Å². The molecule has 0 radical (unpaired) electrons. The quantitative estimate of drug-likeness (QED) is 0.822. The number of pyridine rings is 1. The fraction of sp³-hybridized carbons (Fsp3) is 0.583. The number of ether oxygens (including phenoxy) is 1. The summed E-state index contributed by atoms with van der Waals surface area (Å²) in [4.78, 5) is 3.63. The first-order chi connectivity index (χ1) is 8.63. The summed E-state index contributed by atoms with van der Waals surface area (Å²) in [6, 6.07) is 3.21. The minimum absolute atomic E-state index is 0.0530. The Bertz CT molecular complexity index is 309. The van der Waals surface area contributed by atoms with Gasteiger partial charge in [-0.15, -0.1) is 0 Å². The number of nitrogens with zero attached hydrogens (tertiary/aromatic N) is 1. The lowest BCUT2D eigenvalue weighted by molar-refractivity contribution is -0.0528. The van der Waals surface area contributed by atoms with Crippen molar-refractivity contribution in [3.63, 3.8) is 0 Å². The molecule has 1 aromatic rings. The highest BCUT2D eigenvalue weighted by atomic mass is 19.3. The molecule has 6 heteroatoms. The van der Waals surface area contributed by atoms with E-state index in [-0.39, 0.29) is 5.88 Å². The second-order valence-corrected chi connectivity index (χ2v) is 3.51. The summed E-state index contributed by atoms with van der Waals surface area (Å²) in [7, 11) is 3.73. The van der Waals surface area contributed by atoms with Gasteiger partial charge in [0.1, 0.15) is 0 Å². The molecule has 0 spiro atoms. The fourth-order valence-corrected chi connectivity index (χ4v) is 1.17.